The summed E-state index contributed by atoms with van der Waals surface area (Å²) in [5, 5.41) is 2.46. The average molecular weight is 330 g/mol. The Balaban J connectivity index is 2.60. The molecule has 22 heavy (non-hydrogen) atoms. The van der Waals surface area contributed by atoms with Gasteiger partial charge in [-0.05, 0) is 24.1 Å². The highest BCUT2D eigenvalue weighted by Crippen LogP contribution is 2.13. The van der Waals surface area contributed by atoms with Crippen molar-refractivity contribution in [2.24, 2.45) is 0 Å². The van der Waals surface area contributed by atoms with Gasteiger partial charge in [0.25, 0.3) is 0 Å². The number of hydrogen-bond donors (Lipinski definition) is 1. The Morgan fingerprint density at radius 2 is 2.00 bits per heavy atom. The second-order valence-corrected chi connectivity index (χ2v) is 6.66. The molecule has 0 aliphatic carbocycles. The van der Waals surface area contributed by atoms with Crippen LogP contribution in [0.3, 0.4) is 0 Å². The zero-order valence-corrected chi connectivity index (χ0v) is 13.9. The molecule has 0 atom stereocenters. The van der Waals surface area contributed by atoms with Crippen LogP contribution in [0.5, 0.6) is 5.75 Å². The molecule has 1 rings (SSSR count). The molecule has 0 unspecified atom stereocenters. The number of nitrogens with zero attached hydrogens (tertiary/aromatic N) is 1. The summed E-state index contributed by atoms with van der Waals surface area (Å²) in [4.78, 5) is 11.0. The lowest BCUT2D eigenvalue weighted by Crippen LogP contribution is -2.39. The summed E-state index contributed by atoms with van der Waals surface area (Å²) >= 11 is 0. The summed E-state index contributed by atoms with van der Waals surface area (Å²) in [6.45, 7) is 0.713. The van der Waals surface area contributed by atoms with Gasteiger partial charge in [-0.15, -0.1) is 0 Å². The van der Waals surface area contributed by atoms with Crippen LogP contribution >= 0.6 is 0 Å². The van der Waals surface area contributed by atoms with Crippen molar-refractivity contribution in [1.82, 2.24) is 9.62 Å². The number of rotatable bonds is 8. The third-order valence-electron chi connectivity index (χ3n) is 3.07. The third kappa shape index (κ3) is 6.31. The zero-order chi connectivity index (χ0) is 16.6. The number of carbonyl (C=O) groups excluding carboxylic acids is 1. The molecule has 0 aliphatic rings. The highest BCUT2D eigenvalue weighted by molar-refractivity contribution is 7.88. The summed E-state index contributed by atoms with van der Waals surface area (Å²) in [7, 11) is -0.505. The number of sulfonamides is 1. The average Bonchev–Trinajstić information content (AvgIpc) is 2.49. The number of methoxy groups -OCH3 is 2. The van der Waals surface area contributed by atoms with E-state index in [9.17, 15) is 13.2 Å². The molecule has 1 N–H and O–H groups in total. The molecular weight excluding hydrogens is 308 g/mol. The zero-order valence-electron chi connectivity index (χ0n) is 13.0. The summed E-state index contributed by atoms with van der Waals surface area (Å²) in [5.41, 5.74) is 0.980. The molecule has 1 aromatic carbocycles. The van der Waals surface area contributed by atoms with Crippen molar-refractivity contribution in [3.8, 4) is 5.75 Å². The lowest BCUT2D eigenvalue weighted by molar-refractivity contribution is 0.170. The maximum absolute atomic E-state index is 11.8. The van der Waals surface area contributed by atoms with Gasteiger partial charge in [0, 0.05) is 19.6 Å². The van der Waals surface area contributed by atoms with E-state index >= 15 is 0 Å². The number of hydrogen-bond acceptors (Lipinski definition) is 5. The number of carbonyl (C=O) groups is 1. The van der Waals surface area contributed by atoms with Crippen molar-refractivity contribution in [3.05, 3.63) is 29.8 Å². The lowest BCUT2D eigenvalue weighted by Gasteiger charge is -2.20. The highest BCUT2D eigenvalue weighted by atomic mass is 32.2. The van der Waals surface area contributed by atoms with E-state index in [1.807, 2.05) is 24.3 Å². The molecule has 0 aromatic heterocycles. The van der Waals surface area contributed by atoms with Crippen molar-refractivity contribution in [2.75, 3.05) is 40.1 Å². The minimum Gasteiger partial charge on any atom is -0.497 e. The smallest absolute Gasteiger partial charge is 0.406 e. The van der Waals surface area contributed by atoms with Gasteiger partial charge in [0.05, 0.1) is 20.5 Å². The Morgan fingerprint density at radius 1 is 1.27 bits per heavy atom. The molecule has 1 amide bonds. The second kappa shape index (κ2) is 8.60. The Hall–Kier alpha value is -1.80. The summed E-state index contributed by atoms with van der Waals surface area (Å²) in [6, 6.07) is 7.47. The van der Waals surface area contributed by atoms with Crippen LogP contribution in [0.1, 0.15) is 5.56 Å². The lowest BCUT2D eigenvalue weighted by atomic mass is 10.1. The molecule has 0 bridgehead atoms. The fraction of sp³-hybridized carbons (Fsp3) is 0.500. The third-order valence-corrected chi connectivity index (χ3v) is 4.37. The first-order valence-electron chi connectivity index (χ1n) is 6.76. The van der Waals surface area contributed by atoms with E-state index in [4.69, 9.17) is 4.74 Å². The molecule has 0 spiro atoms. The van der Waals surface area contributed by atoms with Crippen LogP contribution in [0.4, 0.5) is 4.79 Å². The van der Waals surface area contributed by atoms with E-state index in [1.54, 1.807) is 7.11 Å². The molecule has 0 heterocycles. The van der Waals surface area contributed by atoms with Gasteiger partial charge >= 0.3 is 6.09 Å². The van der Waals surface area contributed by atoms with E-state index in [1.165, 1.54) is 11.4 Å². The molecular formula is C14H22N2O5S. The molecule has 8 heteroatoms. The van der Waals surface area contributed by atoms with Crippen LogP contribution in [-0.4, -0.2) is 58.9 Å². The Kier molecular flexibility index (Phi) is 7.13. The predicted octanol–water partition coefficient (Wildman–Crippen LogP) is 0.855. The second-order valence-electron chi connectivity index (χ2n) is 4.68. The fourth-order valence-electron chi connectivity index (χ4n) is 1.88. The Morgan fingerprint density at radius 3 is 2.59 bits per heavy atom. The van der Waals surface area contributed by atoms with Crippen molar-refractivity contribution in [3.63, 3.8) is 0 Å². The largest absolute Gasteiger partial charge is 0.497 e. The van der Waals surface area contributed by atoms with E-state index in [2.05, 4.69) is 10.1 Å². The molecule has 0 radical (unpaired) electrons. The quantitative estimate of drug-likeness (QED) is 0.764. The van der Waals surface area contributed by atoms with Crippen LogP contribution in [0.25, 0.3) is 0 Å². The van der Waals surface area contributed by atoms with Crippen molar-refractivity contribution < 1.29 is 22.7 Å². The van der Waals surface area contributed by atoms with Gasteiger partial charge in [0.1, 0.15) is 5.75 Å². The van der Waals surface area contributed by atoms with E-state index in [-0.39, 0.29) is 13.1 Å². The van der Waals surface area contributed by atoms with Crippen molar-refractivity contribution >= 4 is 16.1 Å². The number of nitrogens with one attached hydrogen (secondary N) is 1. The molecule has 1 aromatic rings. The van der Waals surface area contributed by atoms with Gasteiger partial charge in [-0.3, -0.25) is 0 Å². The first kappa shape index (κ1) is 18.2. The van der Waals surface area contributed by atoms with E-state index in [0.29, 0.717) is 13.0 Å². The fourth-order valence-corrected chi connectivity index (χ4v) is 2.73. The first-order chi connectivity index (χ1) is 10.4. The molecule has 0 saturated carbocycles. The highest BCUT2D eigenvalue weighted by Gasteiger charge is 2.16. The monoisotopic (exact) mass is 330 g/mol. The number of amides is 1. The van der Waals surface area contributed by atoms with E-state index in [0.717, 1.165) is 17.6 Å². The molecule has 7 nitrogen and oxygen atoms in total. The van der Waals surface area contributed by atoms with Crippen molar-refractivity contribution in [1.29, 1.82) is 0 Å². The maximum atomic E-state index is 11.8. The van der Waals surface area contributed by atoms with Crippen LogP contribution in [0.15, 0.2) is 24.3 Å². The van der Waals surface area contributed by atoms with Gasteiger partial charge in [0.15, 0.2) is 0 Å². The molecule has 0 saturated heterocycles. The number of ether oxygens (including phenoxy) is 2. The summed E-state index contributed by atoms with van der Waals surface area (Å²) < 4.78 is 34.5. The number of benzene rings is 1. The molecule has 0 fully saturated rings. The van der Waals surface area contributed by atoms with Gasteiger partial charge in [-0.25, -0.2) is 17.5 Å². The minimum absolute atomic E-state index is 0.192. The van der Waals surface area contributed by atoms with Gasteiger partial charge in [0.2, 0.25) is 10.0 Å². The minimum atomic E-state index is -3.35. The van der Waals surface area contributed by atoms with Gasteiger partial charge in [-0.1, -0.05) is 12.1 Å². The topological polar surface area (TPSA) is 84.9 Å². The maximum Gasteiger partial charge on any atom is 0.406 e. The summed E-state index contributed by atoms with van der Waals surface area (Å²) in [6.07, 6.45) is 1.13. The Labute approximate surface area is 131 Å². The van der Waals surface area contributed by atoms with Crippen molar-refractivity contribution in [2.45, 2.75) is 6.42 Å². The summed E-state index contributed by atoms with van der Waals surface area (Å²) in [5.74, 6) is 0.732. The van der Waals surface area contributed by atoms with Crippen LogP contribution < -0.4 is 10.1 Å². The van der Waals surface area contributed by atoms with Crippen LogP contribution in [0, 0.1) is 0 Å². The first-order valence-corrected chi connectivity index (χ1v) is 8.61. The standard InChI is InChI=1S/C14H22N2O5S/c1-20-13-6-4-5-12(11-13)7-9-16(22(3,18)19)10-8-15-14(17)21-2/h4-6,11H,7-10H2,1-3H3,(H,15,17). The van der Waals surface area contributed by atoms with Gasteiger partial charge in [-0.2, -0.15) is 0 Å². The van der Waals surface area contributed by atoms with E-state index < -0.39 is 16.1 Å². The van der Waals surface area contributed by atoms with Crippen LogP contribution in [-0.2, 0) is 21.2 Å². The Bertz CT molecular complexity index is 589. The normalized spacial score (nSPS) is 11.3. The SMILES string of the molecule is COC(=O)NCCN(CCc1cccc(OC)c1)S(C)(=O)=O. The van der Waals surface area contributed by atoms with Gasteiger partial charge < -0.3 is 14.8 Å². The van der Waals surface area contributed by atoms with Crippen LogP contribution in [0.2, 0.25) is 0 Å². The predicted molar refractivity (Wildman–Crippen MR) is 83.5 cm³/mol. The molecule has 124 valence electrons. The molecule has 0 aliphatic heterocycles. The number of alkyl carbamates (subject to hydrolysis) is 1.